The number of ether oxygens (including phenoxy) is 1. The SMILES string of the molecule is CN1C[C@H]2CCC[C@@H](C1)[C@]2(OCC(F)(F)F)c1cccc(I)c1. The minimum atomic E-state index is -4.30. The minimum absolute atomic E-state index is 0.112. The van der Waals surface area contributed by atoms with E-state index in [2.05, 4.69) is 27.5 Å². The number of hydrogen-bond donors (Lipinski definition) is 0. The van der Waals surface area contributed by atoms with Gasteiger partial charge in [-0.1, -0.05) is 18.6 Å². The summed E-state index contributed by atoms with van der Waals surface area (Å²) in [7, 11) is 2.05. The molecule has 23 heavy (non-hydrogen) atoms. The molecule has 1 saturated heterocycles. The number of hydrogen-bond acceptors (Lipinski definition) is 2. The fraction of sp³-hybridized carbons (Fsp3) is 0.647. The summed E-state index contributed by atoms with van der Waals surface area (Å²) in [6.45, 7) is 0.412. The molecule has 128 valence electrons. The zero-order valence-electron chi connectivity index (χ0n) is 13.1. The largest absolute Gasteiger partial charge is 0.411 e. The first-order valence-electron chi connectivity index (χ1n) is 7.96. The Bertz CT molecular complexity index is 549. The van der Waals surface area contributed by atoms with Crippen molar-refractivity contribution in [1.82, 2.24) is 4.90 Å². The molecule has 2 fully saturated rings. The Morgan fingerprint density at radius 1 is 1.26 bits per heavy atom. The molecule has 0 spiro atoms. The van der Waals surface area contributed by atoms with Crippen LogP contribution in [-0.2, 0) is 10.3 Å². The van der Waals surface area contributed by atoms with Crippen molar-refractivity contribution < 1.29 is 17.9 Å². The predicted molar refractivity (Wildman–Crippen MR) is 91.2 cm³/mol. The standard InChI is InChI=1S/C17H21F3INO/c1-22-9-13-5-2-6-14(10-22)17(13,23-11-16(18,19)20)12-4-3-7-15(21)8-12/h3-4,7-8,13-14H,2,5-6,9-11H2,1H3/t13-,14+,17+. The Kier molecular flexibility index (Phi) is 4.95. The molecule has 1 saturated carbocycles. The minimum Gasteiger partial charge on any atom is -0.360 e. The van der Waals surface area contributed by atoms with E-state index >= 15 is 0 Å². The molecule has 0 N–H and O–H groups in total. The van der Waals surface area contributed by atoms with Crippen LogP contribution in [0.1, 0.15) is 24.8 Å². The summed E-state index contributed by atoms with van der Waals surface area (Å²) in [5.41, 5.74) is 0.109. The lowest BCUT2D eigenvalue weighted by molar-refractivity contribution is -0.251. The molecule has 1 aliphatic carbocycles. The van der Waals surface area contributed by atoms with E-state index in [1.165, 1.54) is 0 Å². The molecule has 1 aromatic rings. The molecule has 1 aliphatic heterocycles. The smallest absolute Gasteiger partial charge is 0.360 e. The summed E-state index contributed by atoms with van der Waals surface area (Å²) in [6, 6.07) is 7.82. The van der Waals surface area contributed by atoms with Gasteiger partial charge in [0.15, 0.2) is 0 Å². The number of rotatable bonds is 3. The lowest BCUT2D eigenvalue weighted by Crippen LogP contribution is -2.59. The van der Waals surface area contributed by atoms with Crippen molar-refractivity contribution >= 4 is 22.6 Å². The molecule has 2 aliphatic rings. The molecule has 2 nitrogen and oxygen atoms in total. The average molecular weight is 439 g/mol. The van der Waals surface area contributed by atoms with Crippen LogP contribution in [0, 0.1) is 15.4 Å². The summed E-state index contributed by atoms with van der Waals surface area (Å²) in [6.07, 6.45) is -1.38. The van der Waals surface area contributed by atoms with Crippen molar-refractivity contribution in [1.29, 1.82) is 0 Å². The highest BCUT2D eigenvalue weighted by atomic mass is 127. The summed E-state index contributed by atoms with van der Waals surface area (Å²) in [5.74, 6) is 0.223. The second-order valence-electron chi connectivity index (χ2n) is 6.75. The van der Waals surface area contributed by atoms with Gasteiger partial charge in [0.2, 0.25) is 0 Å². The number of nitrogens with zero attached hydrogens (tertiary/aromatic N) is 1. The van der Waals surface area contributed by atoms with Gasteiger partial charge >= 0.3 is 6.18 Å². The second kappa shape index (κ2) is 6.52. The van der Waals surface area contributed by atoms with Gasteiger partial charge in [-0.05, 0) is 60.2 Å². The lowest BCUT2D eigenvalue weighted by atomic mass is 9.62. The molecule has 1 heterocycles. The molecule has 0 unspecified atom stereocenters. The van der Waals surface area contributed by atoms with Gasteiger partial charge in [0.25, 0.3) is 0 Å². The van der Waals surface area contributed by atoms with E-state index in [1.54, 1.807) is 0 Å². The van der Waals surface area contributed by atoms with E-state index in [1.807, 2.05) is 31.3 Å². The maximum absolute atomic E-state index is 12.9. The Labute approximate surface area is 148 Å². The van der Waals surface area contributed by atoms with E-state index in [-0.39, 0.29) is 11.8 Å². The number of likely N-dealkylation sites (tertiary alicyclic amines) is 1. The van der Waals surface area contributed by atoms with Crippen LogP contribution in [0.4, 0.5) is 13.2 Å². The van der Waals surface area contributed by atoms with Crippen LogP contribution in [0.15, 0.2) is 24.3 Å². The Balaban J connectivity index is 2.03. The van der Waals surface area contributed by atoms with E-state index in [4.69, 9.17) is 4.74 Å². The molecule has 2 bridgehead atoms. The van der Waals surface area contributed by atoms with Crippen molar-refractivity contribution in [3.63, 3.8) is 0 Å². The van der Waals surface area contributed by atoms with Crippen molar-refractivity contribution in [2.45, 2.75) is 31.0 Å². The topological polar surface area (TPSA) is 12.5 Å². The van der Waals surface area contributed by atoms with Gasteiger partial charge in [-0.2, -0.15) is 13.2 Å². The molecule has 0 radical (unpaired) electrons. The molecule has 0 amide bonds. The Morgan fingerprint density at radius 2 is 1.91 bits per heavy atom. The molecule has 6 heteroatoms. The number of alkyl halides is 3. The van der Waals surface area contributed by atoms with Crippen LogP contribution in [0.2, 0.25) is 0 Å². The van der Waals surface area contributed by atoms with Crippen molar-refractivity contribution in [2.24, 2.45) is 11.8 Å². The van der Waals surface area contributed by atoms with E-state index < -0.39 is 18.4 Å². The van der Waals surface area contributed by atoms with Gasteiger partial charge in [-0.3, -0.25) is 0 Å². The third kappa shape index (κ3) is 3.54. The average Bonchev–Trinajstić information content (AvgIpc) is 2.44. The third-order valence-corrected chi connectivity index (χ3v) is 5.80. The summed E-state index contributed by atoms with van der Waals surface area (Å²) < 4.78 is 45.4. The first-order chi connectivity index (χ1) is 10.8. The first-order valence-corrected chi connectivity index (χ1v) is 9.04. The summed E-state index contributed by atoms with van der Waals surface area (Å²) in [5, 5.41) is 0. The summed E-state index contributed by atoms with van der Waals surface area (Å²) >= 11 is 2.21. The normalized spacial score (nSPS) is 32.0. The fourth-order valence-electron chi connectivity index (χ4n) is 4.38. The highest BCUT2D eigenvalue weighted by molar-refractivity contribution is 14.1. The molecule has 3 atom stereocenters. The van der Waals surface area contributed by atoms with Crippen LogP contribution in [-0.4, -0.2) is 37.8 Å². The lowest BCUT2D eigenvalue weighted by Gasteiger charge is -2.55. The Hall–Kier alpha value is -0.340. The second-order valence-corrected chi connectivity index (χ2v) is 8.00. The van der Waals surface area contributed by atoms with E-state index in [0.717, 1.165) is 41.5 Å². The third-order valence-electron chi connectivity index (χ3n) is 5.13. The molecular formula is C17H21F3INO. The van der Waals surface area contributed by atoms with E-state index in [9.17, 15) is 13.2 Å². The van der Waals surface area contributed by atoms with Crippen LogP contribution in [0.5, 0.6) is 0 Å². The number of piperidine rings is 1. The van der Waals surface area contributed by atoms with Gasteiger partial charge in [0.05, 0.1) is 0 Å². The maximum Gasteiger partial charge on any atom is 0.411 e. The van der Waals surface area contributed by atoms with Crippen molar-refractivity contribution in [3.05, 3.63) is 33.4 Å². The molecule has 1 aromatic carbocycles. The zero-order valence-corrected chi connectivity index (χ0v) is 15.2. The maximum atomic E-state index is 12.9. The van der Waals surface area contributed by atoms with Crippen LogP contribution in [0.3, 0.4) is 0 Å². The van der Waals surface area contributed by atoms with Gasteiger partial charge in [0, 0.05) is 28.5 Å². The van der Waals surface area contributed by atoms with Gasteiger partial charge in [-0.15, -0.1) is 0 Å². The number of halogens is 4. The van der Waals surface area contributed by atoms with Crippen LogP contribution in [0.25, 0.3) is 0 Å². The Morgan fingerprint density at radius 3 is 2.48 bits per heavy atom. The van der Waals surface area contributed by atoms with Gasteiger partial charge < -0.3 is 9.64 Å². The quantitative estimate of drug-likeness (QED) is 0.647. The molecular weight excluding hydrogens is 418 g/mol. The number of benzene rings is 1. The fourth-order valence-corrected chi connectivity index (χ4v) is 4.92. The predicted octanol–water partition coefficient (Wildman–Crippen LogP) is 4.43. The summed E-state index contributed by atoms with van der Waals surface area (Å²) in [4.78, 5) is 2.23. The highest BCUT2D eigenvalue weighted by Gasteiger charge is 2.54. The van der Waals surface area contributed by atoms with Gasteiger partial charge in [0.1, 0.15) is 12.2 Å². The number of fused-ring (bicyclic) bond motifs is 2. The first kappa shape index (κ1) is 17.5. The monoisotopic (exact) mass is 439 g/mol. The molecule has 0 aromatic heterocycles. The van der Waals surface area contributed by atoms with E-state index in [0.29, 0.717) is 0 Å². The molecule has 3 rings (SSSR count). The van der Waals surface area contributed by atoms with Gasteiger partial charge in [-0.25, -0.2) is 0 Å². The van der Waals surface area contributed by atoms with Crippen molar-refractivity contribution in [3.8, 4) is 0 Å². The zero-order chi connectivity index (χ0) is 16.7. The highest BCUT2D eigenvalue weighted by Crippen LogP contribution is 2.52. The van der Waals surface area contributed by atoms with Crippen molar-refractivity contribution in [2.75, 3.05) is 26.7 Å². The van der Waals surface area contributed by atoms with Crippen LogP contribution >= 0.6 is 22.6 Å². The van der Waals surface area contributed by atoms with Crippen LogP contribution < -0.4 is 0 Å².